The minimum absolute atomic E-state index is 0.257. The maximum atomic E-state index is 11.8. The van der Waals surface area contributed by atoms with Crippen LogP contribution in [0.2, 0.25) is 0 Å². The molecule has 0 atom stereocenters. The monoisotopic (exact) mass is 246 g/mol. The van der Waals surface area contributed by atoms with Crippen LogP contribution in [0, 0.1) is 0 Å². The summed E-state index contributed by atoms with van der Waals surface area (Å²) in [6, 6.07) is 7.42. The van der Waals surface area contributed by atoms with E-state index in [4.69, 9.17) is 9.47 Å². The summed E-state index contributed by atoms with van der Waals surface area (Å²) in [6.07, 6.45) is 0. The number of aromatic nitrogens is 1. The van der Waals surface area contributed by atoms with Gasteiger partial charge in [0.2, 0.25) is 0 Å². The Morgan fingerprint density at radius 2 is 1.83 bits per heavy atom. The van der Waals surface area contributed by atoms with Gasteiger partial charge in [0.1, 0.15) is 5.69 Å². The van der Waals surface area contributed by atoms with E-state index in [9.17, 15) is 4.79 Å². The minimum Gasteiger partial charge on any atom is -0.491 e. The maximum absolute atomic E-state index is 11.8. The number of nitrogens with one attached hydrogen (secondary N) is 1. The molecule has 2 rings (SSSR count). The number of nitrogens with zero attached hydrogens (tertiary/aromatic N) is 1. The van der Waals surface area contributed by atoms with Crippen molar-refractivity contribution < 1.29 is 14.3 Å². The third kappa shape index (κ3) is 1.84. The van der Waals surface area contributed by atoms with Crippen molar-refractivity contribution in [2.24, 2.45) is 0 Å². The van der Waals surface area contributed by atoms with E-state index in [2.05, 4.69) is 10.3 Å². The summed E-state index contributed by atoms with van der Waals surface area (Å²) in [4.78, 5) is 16.0. The molecule has 0 radical (unpaired) electrons. The average Bonchev–Trinajstić information content (AvgIpc) is 2.44. The van der Waals surface area contributed by atoms with Crippen LogP contribution in [0.15, 0.2) is 24.3 Å². The molecule has 0 unspecified atom stereocenters. The van der Waals surface area contributed by atoms with Gasteiger partial charge in [0.15, 0.2) is 5.75 Å². The quantitative estimate of drug-likeness (QED) is 0.893. The normalized spacial score (nSPS) is 10.2. The Bertz CT molecular complexity index is 596. The minimum atomic E-state index is -0.257. The van der Waals surface area contributed by atoms with E-state index in [0.29, 0.717) is 17.3 Å². The number of fused-ring (bicyclic) bond motifs is 1. The Morgan fingerprint density at radius 3 is 2.39 bits per heavy atom. The van der Waals surface area contributed by atoms with E-state index in [1.165, 1.54) is 7.11 Å². The van der Waals surface area contributed by atoms with Crippen molar-refractivity contribution in [2.45, 2.75) is 0 Å². The van der Waals surface area contributed by atoms with Gasteiger partial charge in [0.25, 0.3) is 11.8 Å². The molecule has 94 valence electrons. The molecule has 0 fully saturated rings. The van der Waals surface area contributed by atoms with Crippen LogP contribution in [-0.2, 0) is 0 Å². The zero-order valence-corrected chi connectivity index (χ0v) is 10.5. The van der Waals surface area contributed by atoms with Gasteiger partial charge in [-0.1, -0.05) is 24.3 Å². The highest BCUT2D eigenvalue weighted by Gasteiger charge is 2.18. The highest BCUT2D eigenvalue weighted by Crippen LogP contribution is 2.34. The molecule has 1 aromatic heterocycles. The van der Waals surface area contributed by atoms with Gasteiger partial charge in [-0.25, -0.2) is 4.98 Å². The van der Waals surface area contributed by atoms with Crippen molar-refractivity contribution in [1.82, 2.24) is 10.3 Å². The van der Waals surface area contributed by atoms with Crippen LogP contribution in [-0.4, -0.2) is 32.2 Å². The predicted molar refractivity (Wildman–Crippen MR) is 68.2 cm³/mol. The van der Waals surface area contributed by atoms with Crippen molar-refractivity contribution >= 4 is 16.7 Å². The van der Waals surface area contributed by atoms with Gasteiger partial charge < -0.3 is 14.8 Å². The molecule has 0 spiro atoms. The number of benzene rings is 1. The van der Waals surface area contributed by atoms with Crippen molar-refractivity contribution in [3.8, 4) is 11.6 Å². The number of methoxy groups -OCH3 is 2. The number of carbonyl (C=O) groups is 1. The molecular weight excluding hydrogens is 232 g/mol. The summed E-state index contributed by atoms with van der Waals surface area (Å²) in [5, 5.41) is 4.09. The number of pyridine rings is 1. The first kappa shape index (κ1) is 12.2. The molecule has 1 amide bonds. The van der Waals surface area contributed by atoms with Crippen LogP contribution >= 0.6 is 0 Å². The van der Waals surface area contributed by atoms with Gasteiger partial charge in [-0.15, -0.1) is 0 Å². The Balaban J connectivity index is 2.83. The zero-order valence-electron chi connectivity index (χ0n) is 10.5. The van der Waals surface area contributed by atoms with Crippen LogP contribution in [0.25, 0.3) is 10.8 Å². The Kier molecular flexibility index (Phi) is 3.32. The number of amides is 1. The lowest BCUT2D eigenvalue weighted by Crippen LogP contribution is -2.20. The Morgan fingerprint density at radius 1 is 1.17 bits per heavy atom. The van der Waals surface area contributed by atoms with Crippen molar-refractivity contribution in [2.75, 3.05) is 21.3 Å². The summed E-state index contributed by atoms with van der Waals surface area (Å²) in [5.41, 5.74) is 0.325. The average molecular weight is 246 g/mol. The molecule has 5 nitrogen and oxygen atoms in total. The molecule has 1 N–H and O–H groups in total. The fourth-order valence-electron chi connectivity index (χ4n) is 1.84. The van der Waals surface area contributed by atoms with Gasteiger partial charge in [-0.3, -0.25) is 4.79 Å². The SMILES string of the molecule is CNC(=O)c1nc(OC)c(OC)c2ccccc12. The van der Waals surface area contributed by atoms with Crippen LogP contribution in [0.1, 0.15) is 10.5 Å². The van der Waals surface area contributed by atoms with Crippen molar-refractivity contribution in [3.05, 3.63) is 30.0 Å². The molecular formula is C13H14N2O3. The lowest BCUT2D eigenvalue weighted by Gasteiger charge is -2.12. The first-order valence-electron chi connectivity index (χ1n) is 5.45. The van der Waals surface area contributed by atoms with Crippen molar-refractivity contribution in [1.29, 1.82) is 0 Å². The summed E-state index contributed by atoms with van der Waals surface area (Å²) < 4.78 is 10.5. The lowest BCUT2D eigenvalue weighted by molar-refractivity contribution is 0.0959. The molecule has 18 heavy (non-hydrogen) atoms. The molecule has 1 heterocycles. The summed E-state index contributed by atoms with van der Waals surface area (Å²) in [6.45, 7) is 0. The molecule has 0 saturated carbocycles. The molecule has 0 aliphatic carbocycles. The van der Waals surface area contributed by atoms with E-state index < -0.39 is 0 Å². The van der Waals surface area contributed by atoms with Gasteiger partial charge >= 0.3 is 0 Å². The van der Waals surface area contributed by atoms with Gasteiger partial charge in [-0.2, -0.15) is 0 Å². The van der Waals surface area contributed by atoms with E-state index in [-0.39, 0.29) is 5.91 Å². The number of rotatable bonds is 3. The second-order valence-electron chi connectivity index (χ2n) is 3.63. The summed E-state index contributed by atoms with van der Waals surface area (Å²) >= 11 is 0. The highest BCUT2D eigenvalue weighted by molar-refractivity contribution is 6.07. The second-order valence-corrected chi connectivity index (χ2v) is 3.63. The summed E-state index contributed by atoms with van der Waals surface area (Å²) in [7, 11) is 4.61. The zero-order chi connectivity index (χ0) is 13.1. The number of hydrogen-bond donors (Lipinski definition) is 1. The first-order chi connectivity index (χ1) is 8.72. The topological polar surface area (TPSA) is 60.5 Å². The first-order valence-corrected chi connectivity index (χ1v) is 5.45. The third-order valence-electron chi connectivity index (χ3n) is 2.67. The highest BCUT2D eigenvalue weighted by atomic mass is 16.5. The molecule has 2 aromatic rings. The smallest absolute Gasteiger partial charge is 0.270 e. The van der Waals surface area contributed by atoms with Crippen molar-refractivity contribution in [3.63, 3.8) is 0 Å². The molecule has 5 heteroatoms. The predicted octanol–water partition coefficient (Wildman–Crippen LogP) is 1.61. The van der Waals surface area contributed by atoms with Crippen LogP contribution in [0.4, 0.5) is 0 Å². The Labute approximate surface area is 105 Å². The fourth-order valence-corrected chi connectivity index (χ4v) is 1.84. The number of hydrogen-bond acceptors (Lipinski definition) is 4. The third-order valence-corrected chi connectivity index (χ3v) is 2.67. The van der Waals surface area contributed by atoms with E-state index in [1.807, 2.05) is 24.3 Å². The van der Waals surface area contributed by atoms with Crippen LogP contribution in [0.3, 0.4) is 0 Å². The molecule has 0 aliphatic rings. The molecule has 1 aromatic carbocycles. The second kappa shape index (κ2) is 4.91. The standard InChI is InChI=1S/C13H14N2O3/c1-14-12(16)10-8-6-4-5-7-9(8)11(17-2)13(15-10)18-3/h4-7H,1-3H3,(H,14,16). The maximum Gasteiger partial charge on any atom is 0.270 e. The molecule has 0 saturated heterocycles. The van der Waals surface area contributed by atoms with Gasteiger partial charge in [-0.05, 0) is 0 Å². The lowest BCUT2D eigenvalue weighted by atomic mass is 10.1. The number of carbonyl (C=O) groups excluding carboxylic acids is 1. The largest absolute Gasteiger partial charge is 0.491 e. The van der Waals surface area contributed by atoms with Crippen LogP contribution < -0.4 is 14.8 Å². The molecule has 0 bridgehead atoms. The van der Waals surface area contributed by atoms with E-state index in [1.54, 1.807) is 14.2 Å². The fraction of sp³-hybridized carbons (Fsp3) is 0.231. The van der Waals surface area contributed by atoms with Gasteiger partial charge in [0.05, 0.1) is 14.2 Å². The summed E-state index contributed by atoms with van der Waals surface area (Å²) in [5.74, 6) is 0.572. The Hall–Kier alpha value is -2.30. The van der Waals surface area contributed by atoms with E-state index in [0.717, 1.165) is 10.8 Å². The van der Waals surface area contributed by atoms with Crippen LogP contribution in [0.5, 0.6) is 11.6 Å². The molecule has 0 aliphatic heterocycles. The van der Waals surface area contributed by atoms with E-state index >= 15 is 0 Å². The number of ether oxygens (including phenoxy) is 2. The van der Waals surface area contributed by atoms with Gasteiger partial charge in [0, 0.05) is 17.8 Å².